The number of aromatic nitrogens is 3. The lowest BCUT2D eigenvalue weighted by Gasteiger charge is -2.02. The summed E-state index contributed by atoms with van der Waals surface area (Å²) >= 11 is 1.53. The molecular formula is C13H18N4O2S. The number of nitrogens with zero attached hydrogens (tertiary/aromatic N) is 2. The van der Waals surface area contributed by atoms with E-state index in [9.17, 15) is 4.79 Å². The number of H-pyrrole nitrogens is 1. The molecule has 6 nitrogen and oxygen atoms in total. The van der Waals surface area contributed by atoms with Crippen molar-refractivity contribution in [2.45, 2.75) is 32.9 Å². The highest BCUT2D eigenvalue weighted by atomic mass is 32.2. The van der Waals surface area contributed by atoms with Crippen molar-refractivity contribution in [1.82, 2.24) is 15.4 Å². The third-order valence-electron chi connectivity index (χ3n) is 2.94. The lowest BCUT2D eigenvalue weighted by molar-refractivity contribution is -0.113. The Kier molecular flexibility index (Phi) is 4.84. The van der Waals surface area contributed by atoms with Gasteiger partial charge in [0.1, 0.15) is 5.76 Å². The topological polar surface area (TPSA) is 83.8 Å². The van der Waals surface area contributed by atoms with E-state index in [4.69, 9.17) is 4.52 Å². The van der Waals surface area contributed by atoms with Crippen LogP contribution in [0.5, 0.6) is 0 Å². The molecule has 1 amide bonds. The van der Waals surface area contributed by atoms with Gasteiger partial charge in [-0.2, -0.15) is 5.10 Å². The standard InChI is InChI=1S/C13H18N4O2S/c1-4-10-5-12(16-15-10)14-13(18)7-20-6-11-8(2)17-19-9(11)3/h5H,4,6-7H2,1-3H3,(H2,14,15,16,18). The molecule has 2 aromatic heterocycles. The van der Waals surface area contributed by atoms with E-state index in [1.165, 1.54) is 11.8 Å². The van der Waals surface area contributed by atoms with Crippen molar-refractivity contribution in [1.29, 1.82) is 0 Å². The van der Waals surface area contributed by atoms with Crippen LogP contribution in [0.1, 0.15) is 29.6 Å². The van der Waals surface area contributed by atoms with Gasteiger partial charge in [0.05, 0.1) is 11.4 Å². The highest BCUT2D eigenvalue weighted by Gasteiger charge is 2.10. The summed E-state index contributed by atoms with van der Waals surface area (Å²) in [6, 6.07) is 1.84. The number of amides is 1. The third kappa shape index (κ3) is 3.63. The summed E-state index contributed by atoms with van der Waals surface area (Å²) in [7, 11) is 0. The van der Waals surface area contributed by atoms with Gasteiger partial charge in [0.2, 0.25) is 5.91 Å². The first-order valence-electron chi connectivity index (χ1n) is 6.43. The number of hydrogen-bond acceptors (Lipinski definition) is 5. The Labute approximate surface area is 121 Å². The van der Waals surface area contributed by atoms with Crippen LogP contribution in [0, 0.1) is 13.8 Å². The van der Waals surface area contributed by atoms with Gasteiger partial charge in [-0.15, -0.1) is 11.8 Å². The third-order valence-corrected chi connectivity index (χ3v) is 3.90. The van der Waals surface area contributed by atoms with Gasteiger partial charge in [0.25, 0.3) is 0 Å². The number of thioether (sulfide) groups is 1. The highest BCUT2D eigenvalue weighted by molar-refractivity contribution is 7.99. The molecule has 2 heterocycles. The Morgan fingerprint density at radius 1 is 1.50 bits per heavy atom. The maximum atomic E-state index is 11.8. The van der Waals surface area contributed by atoms with Crippen LogP contribution < -0.4 is 5.32 Å². The van der Waals surface area contributed by atoms with Gasteiger partial charge in [-0.3, -0.25) is 9.89 Å². The number of aromatic amines is 1. The van der Waals surface area contributed by atoms with E-state index in [0.29, 0.717) is 11.6 Å². The van der Waals surface area contributed by atoms with E-state index in [0.717, 1.165) is 34.9 Å². The smallest absolute Gasteiger partial charge is 0.235 e. The van der Waals surface area contributed by atoms with Crippen LogP contribution in [0.15, 0.2) is 10.6 Å². The van der Waals surface area contributed by atoms with Crippen molar-refractivity contribution < 1.29 is 9.32 Å². The molecule has 0 saturated carbocycles. The average molecular weight is 294 g/mol. The maximum Gasteiger partial charge on any atom is 0.235 e. The first-order valence-corrected chi connectivity index (χ1v) is 7.59. The van der Waals surface area contributed by atoms with Crippen LogP contribution >= 0.6 is 11.8 Å². The number of carbonyl (C=O) groups excluding carboxylic acids is 1. The summed E-state index contributed by atoms with van der Waals surface area (Å²) < 4.78 is 5.09. The molecule has 2 N–H and O–H groups in total. The fraction of sp³-hybridized carbons (Fsp3) is 0.462. The number of anilines is 1. The highest BCUT2D eigenvalue weighted by Crippen LogP contribution is 2.19. The van der Waals surface area contributed by atoms with Crippen LogP contribution in [0.2, 0.25) is 0 Å². The molecule has 7 heteroatoms. The molecule has 0 fully saturated rings. The monoisotopic (exact) mass is 294 g/mol. The molecule has 0 saturated heterocycles. The summed E-state index contributed by atoms with van der Waals surface area (Å²) in [5.41, 5.74) is 2.95. The lowest BCUT2D eigenvalue weighted by atomic mass is 10.2. The van der Waals surface area contributed by atoms with E-state index < -0.39 is 0 Å². The predicted molar refractivity (Wildman–Crippen MR) is 78.7 cm³/mol. The Morgan fingerprint density at radius 2 is 2.30 bits per heavy atom. The van der Waals surface area contributed by atoms with Gasteiger partial charge >= 0.3 is 0 Å². The molecule has 0 aliphatic rings. The number of rotatable bonds is 6. The second-order valence-electron chi connectivity index (χ2n) is 4.48. The van der Waals surface area contributed by atoms with Crippen LogP contribution in [-0.2, 0) is 17.0 Å². The summed E-state index contributed by atoms with van der Waals surface area (Å²) in [4.78, 5) is 11.8. The van der Waals surface area contributed by atoms with Gasteiger partial charge in [0, 0.05) is 23.1 Å². The first kappa shape index (κ1) is 14.6. The number of nitrogens with one attached hydrogen (secondary N) is 2. The number of hydrogen-bond donors (Lipinski definition) is 2. The lowest BCUT2D eigenvalue weighted by Crippen LogP contribution is -2.14. The molecule has 0 aliphatic heterocycles. The van der Waals surface area contributed by atoms with Gasteiger partial charge in [-0.1, -0.05) is 12.1 Å². The number of aryl methyl sites for hydroxylation is 3. The molecular weight excluding hydrogens is 276 g/mol. The Balaban J connectivity index is 1.78. The molecule has 20 heavy (non-hydrogen) atoms. The maximum absolute atomic E-state index is 11.8. The predicted octanol–water partition coefficient (Wildman–Crippen LogP) is 2.45. The zero-order valence-electron chi connectivity index (χ0n) is 11.8. The van der Waals surface area contributed by atoms with Gasteiger partial charge in [0.15, 0.2) is 5.82 Å². The molecule has 0 aromatic carbocycles. The summed E-state index contributed by atoms with van der Waals surface area (Å²) in [6.45, 7) is 5.81. The second kappa shape index (κ2) is 6.60. The fourth-order valence-corrected chi connectivity index (χ4v) is 2.72. The van der Waals surface area contributed by atoms with Crippen LogP contribution in [-0.4, -0.2) is 27.0 Å². The SMILES string of the molecule is CCc1cc(NC(=O)CSCc2c(C)noc2C)n[nH]1. The zero-order chi connectivity index (χ0) is 14.5. The molecule has 0 atom stereocenters. The van der Waals surface area contributed by atoms with Gasteiger partial charge < -0.3 is 9.84 Å². The molecule has 2 rings (SSSR count). The van der Waals surface area contributed by atoms with E-state index in [2.05, 4.69) is 20.7 Å². The van der Waals surface area contributed by atoms with Gasteiger partial charge in [-0.05, 0) is 20.3 Å². The number of carbonyl (C=O) groups is 1. The Morgan fingerprint density at radius 3 is 2.90 bits per heavy atom. The minimum Gasteiger partial charge on any atom is -0.361 e. The van der Waals surface area contributed by atoms with Crippen molar-refractivity contribution in [3.05, 3.63) is 28.8 Å². The normalized spacial score (nSPS) is 10.8. The van der Waals surface area contributed by atoms with E-state index in [-0.39, 0.29) is 5.91 Å². The zero-order valence-corrected chi connectivity index (χ0v) is 12.6. The fourth-order valence-electron chi connectivity index (χ4n) is 1.74. The van der Waals surface area contributed by atoms with Crippen molar-refractivity contribution in [3.8, 4) is 0 Å². The van der Waals surface area contributed by atoms with Crippen LogP contribution in [0.3, 0.4) is 0 Å². The van der Waals surface area contributed by atoms with Crippen molar-refractivity contribution in [2.24, 2.45) is 0 Å². The van der Waals surface area contributed by atoms with E-state index >= 15 is 0 Å². The second-order valence-corrected chi connectivity index (χ2v) is 5.46. The van der Waals surface area contributed by atoms with Crippen molar-refractivity contribution in [2.75, 3.05) is 11.1 Å². The van der Waals surface area contributed by atoms with E-state index in [1.54, 1.807) is 0 Å². The van der Waals surface area contributed by atoms with Crippen LogP contribution in [0.25, 0.3) is 0 Å². The quantitative estimate of drug-likeness (QED) is 0.855. The minimum atomic E-state index is -0.0593. The van der Waals surface area contributed by atoms with Crippen LogP contribution in [0.4, 0.5) is 5.82 Å². The molecule has 0 spiro atoms. The van der Waals surface area contributed by atoms with E-state index in [1.807, 2.05) is 26.8 Å². The van der Waals surface area contributed by atoms with Crippen molar-refractivity contribution >= 4 is 23.5 Å². The molecule has 0 bridgehead atoms. The summed E-state index contributed by atoms with van der Waals surface area (Å²) in [5.74, 6) is 2.42. The first-order chi connectivity index (χ1) is 9.60. The largest absolute Gasteiger partial charge is 0.361 e. The molecule has 108 valence electrons. The molecule has 0 aliphatic carbocycles. The average Bonchev–Trinajstić information content (AvgIpc) is 2.99. The Bertz CT molecular complexity index is 571. The van der Waals surface area contributed by atoms with Gasteiger partial charge in [-0.25, -0.2) is 0 Å². The Hall–Kier alpha value is -1.76. The molecule has 0 radical (unpaired) electrons. The minimum absolute atomic E-state index is 0.0593. The molecule has 2 aromatic rings. The molecule has 0 unspecified atom stereocenters. The summed E-state index contributed by atoms with van der Waals surface area (Å²) in [5, 5.41) is 13.5. The summed E-state index contributed by atoms with van der Waals surface area (Å²) in [6.07, 6.45) is 0.865. The van der Waals surface area contributed by atoms with Crippen molar-refractivity contribution in [3.63, 3.8) is 0 Å².